The molecule has 0 aliphatic heterocycles. The molecule has 0 saturated heterocycles. The highest BCUT2D eigenvalue weighted by Crippen LogP contribution is 2.37. The van der Waals surface area contributed by atoms with Crippen molar-refractivity contribution in [3.05, 3.63) is 33.2 Å². The Kier molecular flexibility index (Phi) is 5.00. The van der Waals surface area contributed by atoms with Crippen LogP contribution in [0.1, 0.15) is 24.4 Å². The Labute approximate surface area is 132 Å². The molecule has 1 heterocycles. The number of nitrogens with one attached hydrogen (secondary N) is 1. The summed E-state index contributed by atoms with van der Waals surface area (Å²) in [5.41, 5.74) is -0.295. The van der Waals surface area contributed by atoms with Crippen LogP contribution < -0.4 is 5.32 Å². The van der Waals surface area contributed by atoms with Crippen molar-refractivity contribution in [2.24, 2.45) is 0 Å². The van der Waals surface area contributed by atoms with E-state index < -0.39 is 11.7 Å². The van der Waals surface area contributed by atoms with Crippen LogP contribution in [0.4, 0.5) is 13.2 Å². The number of alkyl halides is 3. The third-order valence-corrected chi connectivity index (χ3v) is 4.31. The summed E-state index contributed by atoms with van der Waals surface area (Å²) in [6.07, 6.45) is -4.40. The highest BCUT2D eigenvalue weighted by atomic mass is 79.9. The van der Waals surface area contributed by atoms with E-state index in [4.69, 9.17) is 0 Å². The van der Waals surface area contributed by atoms with Gasteiger partial charge >= 0.3 is 6.18 Å². The lowest BCUT2D eigenvalue weighted by atomic mass is 10.1. The lowest BCUT2D eigenvalue weighted by molar-refractivity contribution is -0.138. The fourth-order valence-corrected chi connectivity index (χ4v) is 2.87. The molecule has 1 aromatic carbocycles. The number of halogens is 4. The standard InChI is InChI=1S/C13H13BrF3N3S/c1-7(2)18-6-11-19-20-12(21-11)8-3-4-10(14)9(5-8)13(15,16)17/h3-5,7,18H,6H2,1-2H3. The average Bonchev–Trinajstić information content (AvgIpc) is 2.84. The van der Waals surface area contributed by atoms with Gasteiger partial charge in [-0.3, -0.25) is 0 Å². The van der Waals surface area contributed by atoms with Gasteiger partial charge in [0.25, 0.3) is 0 Å². The van der Waals surface area contributed by atoms with Crippen molar-refractivity contribution in [3.8, 4) is 10.6 Å². The summed E-state index contributed by atoms with van der Waals surface area (Å²) in [6, 6.07) is 4.37. The van der Waals surface area contributed by atoms with Crippen molar-refractivity contribution in [2.75, 3.05) is 0 Å². The molecule has 3 nitrogen and oxygen atoms in total. The predicted molar refractivity (Wildman–Crippen MR) is 80.0 cm³/mol. The van der Waals surface area contributed by atoms with Gasteiger partial charge in [-0.1, -0.05) is 47.2 Å². The monoisotopic (exact) mass is 379 g/mol. The predicted octanol–water partition coefficient (Wildman–Crippen LogP) is 4.48. The topological polar surface area (TPSA) is 37.8 Å². The first-order valence-corrected chi connectivity index (χ1v) is 7.81. The second-order valence-electron chi connectivity index (χ2n) is 4.73. The van der Waals surface area contributed by atoms with E-state index in [0.29, 0.717) is 23.2 Å². The molecule has 0 spiro atoms. The molecule has 0 aliphatic rings. The third-order valence-electron chi connectivity index (χ3n) is 2.65. The van der Waals surface area contributed by atoms with Crippen LogP contribution in [0.15, 0.2) is 22.7 Å². The molecule has 0 bridgehead atoms. The van der Waals surface area contributed by atoms with Crippen molar-refractivity contribution < 1.29 is 13.2 Å². The van der Waals surface area contributed by atoms with Crippen molar-refractivity contribution >= 4 is 27.3 Å². The molecule has 2 aromatic rings. The molecule has 0 radical (unpaired) electrons. The second kappa shape index (κ2) is 6.41. The van der Waals surface area contributed by atoms with Crippen LogP contribution in [-0.4, -0.2) is 16.2 Å². The van der Waals surface area contributed by atoms with E-state index in [2.05, 4.69) is 31.4 Å². The van der Waals surface area contributed by atoms with Gasteiger partial charge in [0, 0.05) is 22.6 Å². The fourth-order valence-electron chi connectivity index (χ4n) is 1.61. The quantitative estimate of drug-likeness (QED) is 0.850. The van der Waals surface area contributed by atoms with Crippen LogP contribution in [-0.2, 0) is 12.7 Å². The van der Waals surface area contributed by atoms with Crippen molar-refractivity contribution in [1.82, 2.24) is 15.5 Å². The van der Waals surface area contributed by atoms with Crippen LogP contribution in [0, 0.1) is 0 Å². The first-order valence-electron chi connectivity index (χ1n) is 6.20. The molecule has 8 heteroatoms. The van der Waals surface area contributed by atoms with E-state index in [9.17, 15) is 13.2 Å². The Bertz CT molecular complexity index is 625. The second-order valence-corrected chi connectivity index (χ2v) is 6.65. The number of hydrogen-bond donors (Lipinski definition) is 1. The van der Waals surface area contributed by atoms with Crippen molar-refractivity contribution in [1.29, 1.82) is 0 Å². The minimum atomic E-state index is -4.40. The van der Waals surface area contributed by atoms with Gasteiger partial charge in [-0.2, -0.15) is 13.2 Å². The normalized spacial score (nSPS) is 12.1. The van der Waals surface area contributed by atoms with Crippen LogP contribution in [0.2, 0.25) is 0 Å². The summed E-state index contributed by atoms with van der Waals surface area (Å²) in [6.45, 7) is 4.57. The molecule has 0 unspecified atom stereocenters. The van der Waals surface area contributed by atoms with Crippen molar-refractivity contribution in [3.63, 3.8) is 0 Å². The van der Waals surface area contributed by atoms with E-state index >= 15 is 0 Å². The van der Waals surface area contributed by atoms with Crippen LogP contribution in [0.5, 0.6) is 0 Å². The minimum absolute atomic E-state index is 0.0185. The first kappa shape index (κ1) is 16.4. The molecule has 0 atom stereocenters. The van der Waals surface area contributed by atoms with Crippen LogP contribution >= 0.6 is 27.3 Å². The average molecular weight is 380 g/mol. The Morgan fingerprint density at radius 3 is 2.62 bits per heavy atom. The SMILES string of the molecule is CC(C)NCc1nnc(-c2ccc(Br)c(C(F)(F)F)c2)s1. The highest BCUT2D eigenvalue weighted by molar-refractivity contribution is 9.10. The Morgan fingerprint density at radius 2 is 2.00 bits per heavy atom. The molecule has 114 valence electrons. The zero-order valence-electron chi connectivity index (χ0n) is 11.3. The van der Waals surface area contributed by atoms with Gasteiger partial charge in [0.2, 0.25) is 0 Å². The lowest BCUT2D eigenvalue weighted by Gasteiger charge is -2.09. The number of rotatable bonds is 4. The van der Waals surface area contributed by atoms with Crippen LogP contribution in [0.25, 0.3) is 10.6 Å². The molecule has 21 heavy (non-hydrogen) atoms. The number of nitrogens with zero attached hydrogens (tertiary/aromatic N) is 2. The summed E-state index contributed by atoms with van der Waals surface area (Å²) in [5, 5.41) is 12.4. The smallest absolute Gasteiger partial charge is 0.308 e. The van der Waals surface area contributed by atoms with Gasteiger partial charge in [-0.25, -0.2) is 0 Å². The summed E-state index contributed by atoms with van der Waals surface area (Å²) in [4.78, 5) is 0. The van der Waals surface area contributed by atoms with E-state index in [0.717, 1.165) is 11.1 Å². The maximum absolute atomic E-state index is 12.9. The maximum atomic E-state index is 12.9. The van der Waals surface area contributed by atoms with Gasteiger partial charge in [-0.15, -0.1) is 10.2 Å². The van der Waals surface area contributed by atoms with Gasteiger partial charge in [0.15, 0.2) is 0 Å². The zero-order chi connectivity index (χ0) is 15.6. The van der Waals surface area contributed by atoms with E-state index in [-0.39, 0.29) is 4.47 Å². The third kappa shape index (κ3) is 4.24. The molecule has 0 saturated carbocycles. The molecule has 1 aromatic heterocycles. The summed E-state index contributed by atoms with van der Waals surface area (Å²) in [5.74, 6) is 0. The fraction of sp³-hybridized carbons (Fsp3) is 0.385. The zero-order valence-corrected chi connectivity index (χ0v) is 13.7. The van der Waals surface area contributed by atoms with E-state index in [1.54, 1.807) is 6.07 Å². The Morgan fingerprint density at radius 1 is 1.29 bits per heavy atom. The highest BCUT2D eigenvalue weighted by Gasteiger charge is 2.33. The minimum Gasteiger partial charge on any atom is -0.308 e. The number of hydrogen-bond acceptors (Lipinski definition) is 4. The summed E-state index contributed by atoms with van der Waals surface area (Å²) < 4.78 is 38.7. The molecular weight excluding hydrogens is 367 g/mol. The van der Waals surface area contributed by atoms with Gasteiger partial charge < -0.3 is 5.32 Å². The lowest BCUT2D eigenvalue weighted by Crippen LogP contribution is -2.21. The molecular formula is C13H13BrF3N3S. The Balaban J connectivity index is 2.26. The van der Waals surface area contributed by atoms with E-state index in [1.165, 1.54) is 17.4 Å². The molecule has 1 N–H and O–H groups in total. The maximum Gasteiger partial charge on any atom is 0.417 e. The molecule has 0 amide bonds. The Hall–Kier alpha value is -0.990. The van der Waals surface area contributed by atoms with Crippen molar-refractivity contribution in [2.45, 2.75) is 32.6 Å². The van der Waals surface area contributed by atoms with Gasteiger partial charge in [0.1, 0.15) is 10.0 Å². The van der Waals surface area contributed by atoms with Gasteiger partial charge in [0.05, 0.1) is 5.56 Å². The largest absolute Gasteiger partial charge is 0.417 e. The summed E-state index contributed by atoms with van der Waals surface area (Å²) >= 11 is 4.21. The first-order chi connectivity index (χ1) is 9.77. The van der Waals surface area contributed by atoms with Gasteiger partial charge in [-0.05, 0) is 12.1 Å². The molecule has 2 rings (SSSR count). The van der Waals surface area contributed by atoms with Crippen LogP contribution in [0.3, 0.4) is 0 Å². The number of benzene rings is 1. The van der Waals surface area contributed by atoms with E-state index in [1.807, 2.05) is 13.8 Å². The number of aromatic nitrogens is 2. The molecule has 0 aliphatic carbocycles. The molecule has 0 fully saturated rings. The summed E-state index contributed by atoms with van der Waals surface area (Å²) in [7, 11) is 0.